The van der Waals surface area contributed by atoms with Crippen molar-refractivity contribution in [1.29, 1.82) is 0 Å². The first-order valence-electron chi connectivity index (χ1n) is 9.98. The SMILES string of the molecule is CCN(CC12CCC(c3cc(-c4c(F)cccc4F)nnc31)C2(C)C)C(=O)CO. The molecule has 0 radical (unpaired) electrons. The van der Waals surface area contributed by atoms with Crippen LogP contribution < -0.4 is 0 Å². The molecule has 1 aromatic carbocycles. The summed E-state index contributed by atoms with van der Waals surface area (Å²) >= 11 is 0. The summed E-state index contributed by atoms with van der Waals surface area (Å²) in [5, 5.41) is 18.0. The third-order valence-electron chi connectivity index (χ3n) is 7.17. The third-order valence-corrected chi connectivity index (χ3v) is 7.17. The van der Waals surface area contributed by atoms with E-state index in [1.54, 1.807) is 11.0 Å². The van der Waals surface area contributed by atoms with Gasteiger partial charge in [-0.1, -0.05) is 19.9 Å². The van der Waals surface area contributed by atoms with Crippen molar-refractivity contribution in [3.63, 3.8) is 0 Å². The number of aromatic nitrogens is 2. The lowest BCUT2D eigenvalue weighted by Gasteiger charge is -2.41. The summed E-state index contributed by atoms with van der Waals surface area (Å²) in [6.07, 6.45) is 1.77. The highest BCUT2D eigenvalue weighted by molar-refractivity contribution is 5.77. The van der Waals surface area contributed by atoms with Crippen molar-refractivity contribution >= 4 is 5.91 Å². The Morgan fingerprint density at radius 1 is 1.28 bits per heavy atom. The standard InChI is InChI=1S/C22H25F2N3O2/c1-4-27(18(29)11-28)12-22-9-8-14(21(22,2)3)13-10-17(25-26-20(13)22)19-15(23)6-5-7-16(19)24/h5-7,10,14,28H,4,8-9,11-12H2,1-3H3. The van der Waals surface area contributed by atoms with Crippen LogP contribution in [0.25, 0.3) is 11.3 Å². The van der Waals surface area contributed by atoms with Crippen molar-refractivity contribution in [1.82, 2.24) is 15.1 Å². The topological polar surface area (TPSA) is 66.3 Å². The number of aliphatic hydroxyl groups excluding tert-OH is 1. The zero-order valence-corrected chi connectivity index (χ0v) is 16.9. The number of halogens is 2. The Hall–Kier alpha value is -2.41. The molecule has 0 aliphatic heterocycles. The van der Waals surface area contributed by atoms with Gasteiger partial charge in [0.2, 0.25) is 5.91 Å². The van der Waals surface area contributed by atoms with E-state index in [4.69, 9.17) is 0 Å². The Balaban J connectivity index is 1.82. The number of hydrogen-bond donors (Lipinski definition) is 1. The maximum atomic E-state index is 14.3. The van der Waals surface area contributed by atoms with Crippen LogP contribution in [0, 0.1) is 17.0 Å². The van der Waals surface area contributed by atoms with E-state index in [1.165, 1.54) is 18.2 Å². The summed E-state index contributed by atoms with van der Waals surface area (Å²) in [5.74, 6) is -1.47. The summed E-state index contributed by atoms with van der Waals surface area (Å²) in [7, 11) is 0. The molecule has 2 aromatic rings. The van der Waals surface area contributed by atoms with Gasteiger partial charge in [0.25, 0.3) is 0 Å². The molecule has 2 unspecified atom stereocenters. The Morgan fingerprint density at radius 2 is 1.97 bits per heavy atom. The minimum Gasteiger partial charge on any atom is -0.387 e. The van der Waals surface area contributed by atoms with Crippen LogP contribution in [0.3, 0.4) is 0 Å². The number of likely N-dealkylation sites (N-methyl/N-ethyl adjacent to an activating group) is 1. The number of nitrogens with zero attached hydrogens (tertiary/aromatic N) is 3. The van der Waals surface area contributed by atoms with Gasteiger partial charge in [0, 0.05) is 18.5 Å². The van der Waals surface area contributed by atoms with Gasteiger partial charge in [-0.25, -0.2) is 8.78 Å². The number of rotatable bonds is 5. The molecular weight excluding hydrogens is 376 g/mol. The fraction of sp³-hybridized carbons (Fsp3) is 0.500. The second-order valence-electron chi connectivity index (χ2n) is 8.59. The van der Waals surface area contributed by atoms with Crippen molar-refractivity contribution in [2.45, 2.75) is 44.9 Å². The summed E-state index contributed by atoms with van der Waals surface area (Å²) in [6, 6.07) is 5.52. The zero-order chi connectivity index (χ0) is 21.0. The number of amides is 1. The van der Waals surface area contributed by atoms with E-state index in [2.05, 4.69) is 24.0 Å². The Labute approximate surface area is 168 Å². The maximum absolute atomic E-state index is 14.3. The van der Waals surface area contributed by atoms with Gasteiger partial charge in [0.15, 0.2) is 0 Å². The fourth-order valence-corrected chi connectivity index (χ4v) is 5.44. The van der Waals surface area contributed by atoms with Crippen molar-refractivity contribution in [3.8, 4) is 11.3 Å². The number of carbonyl (C=O) groups is 1. The molecule has 7 heteroatoms. The molecule has 2 aliphatic carbocycles. The molecule has 0 saturated heterocycles. The van der Waals surface area contributed by atoms with Crippen LogP contribution in [0.15, 0.2) is 24.3 Å². The first-order chi connectivity index (χ1) is 13.8. The van der Waals surface area contributed by atoms with Crippen molar-refractivity contribution < 1.29 is 18.7 Å². The molecule has 1 heterocycles. The number of fused-ring (bicyclic) bond motifs is 5. The van der Waals surface area contributed by atoms with Gasteiger partial charge in [0.05, 0.1) is 17.0 Å². The lowest BCUT2D eigenvalue weighted by Crippen LogP contribution is -2.49. The van der Waals surface area contributed by atoms with Gasteiger partial charge in [-0.2, -0.15) is 10.2 Å². The van der Waals surface area contributed by atoms with Crippen LogP contribution in [0.4, 0.5) is 8.78 Å². The van der Waals surface area contributed by atoms with Gasteiger partial charge < -0.3 is 10.0 Å². The molecule has 1 saturated carbocycles. The third kappa shape index (κ3) is 2.70. The van der Waals surface area contributed by atoms with Crippen LogP contribution in [0.2, 0.25) is 0 Å². The molecule has 1 amide bonds. The van der Waals surface area contributed by atoms with Crippen LogP contribution in [0.1, 0.15) is 50.8 Å². The van der Waals surface area contributed by atoms with E-state index in [1.807, 2.05) is 6.92 Å². The predicted octanol–water partition coefficient (Wildman–Crippen LogP) is 3.42. The maximum Gasteiger partial charge on any atom is 0.248 e. The van der Waals surface area contributed by atoms with Crippen LogP contribution in [-0.4, -0.2) is 45.8 Å². The largest absolute Gasteiger partial charge is 0.387 e. The smallest absolute Gasteiger partial charge is 0.248 e. The van der Waals surface area contributed by atoms with E-state index < -0.39 is 23.7 Å². The average Bonchev–Trinajstić information content (AvgIpc) is 3.05. The molecule has 5 nitrogen and oxygen atoms in total. The van der Waals surface area contributed by atoms with Crippen LogP contribution in [-0.2, 0) is 10.2 Å². The van der Waals surface area contributed by atoms with Crippen molar-refractivity contribution in [2.75, 3.05) is 19.7 Å². The van der Waals surface area contributed by atoms with Crippen molar-refractivity contribution in [3.05, 3.63) is 47.2 Å². The van der Waals surface area contributed by atoms with Crippen molar-refractivity contribution in [2.24, 2.45) is 5.41 Å². The van der Waals surface area contributed by atoms with Gasteiger partial charge in [-0.15, -0.1) is 0 Å². The number of benzene rings is 1. The highest BCUT2D eigenvalue weighted by Gasteiger charge is 2.63. The van der Waals surface area contributed by atoms with E-state index >= 15 is 0 Å². The van der Waals surface area contributed by atoms with Crippen LogP contribution >= 0.6 is 0 Å². The molecule has 0 spiro atoms. The minimum absolute atomic E-state index is 0.164. The molecule has 154 valence electrons. The normalized spacial score (nSPS) is 23.9. The van der Waals surface area contributed by atoms with E-state index in [9.17, 15) is 18.7 Å². The quantitative estimate of drug-likeness (QED) is 0.834. The molecule has 2 atom stereocenters. The lowest BCUT2D eigenvalue weighted by molar-refractivity contribution is -0.135. The highest BCUT2D eigenvalue weighted by atomic mass is 19.1. The number of aliphatic hydroxyl groups is 1. The molecule has 29 heavy (non-hydrogen) atoms. The second-order valence-corrected chi connectivity index (χ2v) is 8.59. The number of hydrogen-bond acceptors (Lipinski definition) is 4. The highest BCUT2D eigenvalue weighted by Crippen LogP contribution is 2.67. The lowest BCUT2D eigenvalue weighted by atomic mass is 9.68. The summed E-state index contributed by atoms with van der Waals surface area (Å²) in [6.45, 7) is 6.61. The first-order valence-corrected chi connectivity index (χ1v) is 9.98. The molecule has 2 aliphatic rings. The van der Waals surface area contributed by atoms with Gasteiger partial charge >= 0.3 is 0 Å². The molecular formula is C22H25F2N3O2. The van der Waals surface area contributed by atoms with Crippen LogP contribution in [0.5, 0.6) is 0 Å². The molecule has 1 aromatic heterocycles. The molecule has 4 rings (SSSR count). The number of carbonyl (C=O) groups excluding carboxylic acids is 1. The van der Waals surface area contributed by atoms with Gasteiger partial charge in [0.1, 0.15) is 18.2 Å². The average molecular weight is 401 g/mol. The van der Waals surface area contributed by atoms with E-state index in [0.29, 0.717) is 13.1 Å². The zero-order valence-electron chi connectivity index (χ0n) is 16.9. The summed E-state index contributed by atoms with van der Waals surface area (Å²) in [5.41, 5.74) is 1.21. The second kappa shape index (κ2) is 6.83. The van der Waals surface area contributed by atoms with E-state index in [0.717, 1.165) is 24.1 Å². The summed E-state index contributed by atoms with van der Waals surface area (Å²) < 4.78 is 28.5. The molecule has 2 bridgehead atoms. The van der Waals surface area contributed by atoms with Gasteiger partial charge in [-0.3, -0.25) is 4.79 Å². The predicted molar refractivity (Wildman–Crippen MR) is 104 cm³/mol. The Morgan fingerprint density at radius 3 is 2.59 bits per heavy atom. The first kappa shape index (κ1) is 19.9. The van der Waals surface area contributed by atoms with E-state index in [-0.39, 0.29) is 28.5 Å². The Bertz CT molecular complexity index is 958. The minimum atomic E-state index is -0.665. The monoisotopic (exact) mass is 401 g/mol. The molecule has 1 fully saturated rings. The molecule has 1 N–H and O–H groups in total. The van der Waals surface area contributed by atoms with Gasteiger partial charge in [-0.05, 0) is 54.9 Å². The summed E-state index contributed by atoms with van der Waals surface area (Å²) in [4.78, 5) is 13.9. The fourth-order valence-electron chi connectivity index (χ4n) is 5.44. The Kier molecular flexibility index (Phi) is 4.69.